The molecular formula is C22H25N3O3. The van der Waals surface area contributed by atoms with Crippen LogP contribution in [0, 0.1) is 0 Å². The zero-order valence-corrected chi connectivity index (χ0v) is 16.2. The van der Waals surface area contributed by atoms with Gasteiger partial charge in [-0.2, -0.15) is 0 Å². The molecule has 1 atom stereocenters. The van der Waals surface area contributed by atoms with Gasteiger partial charge in [0.2, 0.25) is 11.8 Å². The molecule has 1 aliphatic rings. The molecule has 3 amide bonds. The molecule has 1 fully saturated rings. The molecule has 0 spiro atoms. The van der Waals surface area contributed by atoms with Gasteiger partial charge in [-0.25, -0.2) is 0 Å². The van der Waals surface area contributed by atoms with Crippen LogP contribution in [0.4, 0.5) is 11.4 Å². The fourth-order valence-corrected chi connectivity index (χ4v) is 3.67. The molecule has 2 N–H and O–H groups in total. The Balaban J connectivity index is 1.85. The molecule has 6 heteroatoms. The van der Waals surface area contributed by atoms with Crippen molar-refractivity contribution in [1.82, 2.24) is 4.90 Å². The van der Waals surface area contributed by atoms with Crippen LogP contribution in [-0.2, 0) is 16.0 Å². The summed E-state index contributed by atoms with van der Waals surface area (Å²) in [5.74, 6) is -0.555. The van der Waals surface area contributed by atoms with E-state index in [1.807, 2.05) is 23.1 Å². The topological polar surface area (TPSA) is 78.5 Å². The van der Waals surface area contributed by atoms with E-state index in [1.54, 1.807) is 18.2 Å². The van der Waals surface area contributed by atoms with Crippen LogP contribution in [-0.4, -0.2) is 35.2 Å². The number of benzene rings is 2. The predicted molar refractivity (Wildman–Crippen MR) is 109 cm³/mol. The van der Waals surface area contributed by atoms with Gasteiger partial charge >= 0.3 is 0 Å². The summed E-state index contributed by atoms with van der Waals surface area (Å²) >= 11 is 0. The standard InChI is InChI=1S/C22H25N3O3/c1-15(26)23-19-12-18(13-20(14-19)24-16(2)27)22(28)25-10-6-9-21(25)11-17-7-4-3-5-8-17/h3-5,7-8,12-14,21H,6,9-11H2,1-2H3,(H,23,26)(H,24,27). The summed E-state index contributed by atoms with van der Waals surface area (Å²) in [6, 6.07) is 15.3. The number of anilines is 2. The lowest BCUT2D eigenvalue weighted by molar-refractivity contribution is -0.115. The van der Waals surface area contributed by atoms with E-state index in [9.17, 15) is 14.4 Å². The van der Waals surface area contributed by atoms with E-state index in [1.165, 1.54) is 19.4 Å². The Morgan fingerprint density at radius 1 is 0.964 bits per heavy atom. The average molecular weight is 379 g/mol. The molecular weight excluding hydrogens is 354 g/mol. The van der Waals surface area contributed by atoms with Crippen LogP contribution in [0.25, 0.3) is 0 Å². The molecule has 1 heterocycles. The molecule has 0 radical (unpaired) electrons. The second kappa shape index (κ2) is 8.69. The number of rotatable bonds is 5. The zero-order valence-electron chi connectivity index (χ0n) is 16.2. The smallest absolute Gasteiger partial charge is 0.254 e. The van der Waals surface area contributed by atoms with Gasteiger partial charge in [0.1, 0.15) is 0 Å². The minimum Gasteiger partial charge on any atom is -0.335 e. The number of amides is 3. The largest absolute Gasteiger partial charge is 0.335 e. The Morgan fingerprint density at radius 3 is 2.14 bits per heavy atom. The highest BCUT2D eigenvalue weighted by Crippen LogP contribution is 2.26. The molecule has 146 valence electrons. The van der Waals surface area contributed by atoms with Crippen molar-refractivity contribution in [3.8, 4) is 0 Å². The van der Waals surface area contributed by atoms with Crippen LogP contribution in [0.1, 0.15) is 42.6 Å². The monoisotopic (exact) mass is 379 g/mol. The van der Waals surface area contributed by atoms with Gasteiger partial charge in [0.15, 0.2) is 0 Å². The molecule has 1 unspecified atom stereocenters. The normalized spacial score (nSPS) is 15.9. The third kappa shape index (κ3) is 4.97. The number of hydrogen-bond acceptors (Lipinski definition) is 3. The van der Waals surface area contributed by atoms with E-state index in [4.69, 9.17) is 0 Å². The molecule has 0 bridgehead atoms. The van der Waals surface area contributed by atoms with E-state index in [-0.39, 0.29) is 23.8 Å². The van der Waals surface area contributed by atoms with E-state index in [2.05, 4.69) is 22.8 Å². The Labute approximate surface area is 164 Å². The molecule has 3 rings (SSSR count). The molecule has 0 aliphatic carbocycles. The first-order valence-electron chi connectivity index (χ1n) is 9.47. The van der Waals surface area contributed by atoms with Crippen molar-refractivity contribution in [1.29, 1.82) is 0 Å². The molecule has 2 aromatic carbocycles. The van der Waals surface area contributed by atoms with Crippen molar-refractivity contribution < 1.29 is 14.4 Å². The van der Waals surface area contributed by atoms with Gasteiger partial charge in [0.25, 0.3) is 5.91 Å². The summed E-state index contributed by atoms with van der Waals surface area (Å²) in [6.07, 6.45) is 2.74. The van der Waals surface area contributed by atoms with Gasteiger partial charge in [-0.3, -0.25) is 14.4 Å². The Kier molecular flexibility index (Phi) is 6.09. The SMILES string of the molecule is CC(=O)Nc1cc(NC(C)=O)cc(C(=O)N2CCCC2Cc2ccccc2)c1. The predicted octanol–water partition coefficient (Wildman–Crippen LogP) is 3.45. The number of nitrogens with zero attached hydrogens (tertiary/aromatic N) is 1. The molecule has 1 aliphatic heterocycles. The highest BCUT2D eigenvalue weighted by molar-refractivity contribution is 6.00. The van der Waals surface area contributed by atoms with E-state index in [0.29, 0.717) is 23.5 Å². The first kappa shape index (κ1) is 19.6. The maximum Gasteiger partial charge on any atom is 0.254 e. The molecule has 2 aromatic rings. The van der Waals surface area contributed by atoms with Gasteiger partial charge in [-0.1, -0.05) is 30.3 Å². The first-order chi connectivity index (χ1) is 13.4. The van der Waals surface area contributed by atoms with Gasteiger partial charge in [0, 0.05) is 43.4 Å². The van der Waals surface area contributed by atoms with Crippen LogP contribution in [0.3, 0.4) is 0 Å². The molecule has 0 aromatic heterocycles. The fourth-order valence-electron chi connectivity index (χ4n) is 3.67. The highest BCUT2D eigenvalue weighted by atomic mass is 16.2. The summed E-state index contributed by atoms with van der Waals surface area (Å²) in [6.45, 7) is 3.52. The number of hydrogen-bond donors (Lipinski definition) is 2. The minimum atomic E-state index is -0.235. The lowest BCUT2D eigenvalue weighted by atomic mass is 10.0. The molecule has 0 saturated carbocycles. The fraction of sp³-hybridized carbons (Fsp3) is 0.318. The van der Waals surface area contributed by atoms with E-state index >= 15 is 0 Å². The Bertz CT molecular complexity index is 846. The maximum absolute atomic E-state index is 13.2. The van der Waals surface area contributed by atoms with Crippen molar-refractivity contribution >= 4 is 29.1 Å². The van der Waals surface area contributed by atoms with Crippen LogP contribution in [0.5, 0.6) is 0 Å². The van der Waals surface area contributed by atoms with E-state index < -0.39 is 0 Å². The Morgan fingerprint density at radius 2 is 1.57 bits per heavy atom. The number of carbonyl (C=O) groups is 3. The summed E-state index contributed by atoms with van der Waals surface area (Å²) in [5.41, 5.74) is 2.63. The number of likely N-dealkylation sites (tertiary alicyclic amines) is 1. The summed E-state index contributed by atoms with van der Waals surface area (Å²) in [7, 11) is 0. The Hall–Kier alpha value is -3.15. The van der Waals surface area contributed by atoms with Crippen molar-refractivity contribution in [3.63, 3.8) is 0 Å². The second-order valence-corrected chi connectivity index (χ2v) is 7.15. The first-order valence-corrected chi connectivity index (χ1v) is 9.47. The van der Waals surface area contributed by atoms with E-state index in [0.717, 1.165) is 19.3 Å². The van der Waals surface area contributed by atoms with Gasteiger partial charge in [-0.15, -0.1) is 0 Å². The van der Waals surface area contributed by atoms with Crippen LogP contribution >= 0.6 is 0 Å². The molecule has 1 saturated heterocycles. The van der Waals surface area contributed by atoms with Crippen LogP contribution in [0.2, 0.25) is 0 Å². The van der Waals surface area contributed by atoms with Gasteiger partial charge in [-0.05, 0) is 43.0 Å². The van der Waals surface area contributed by atoms with Gasteiger partial charge in [0.05, 0.1) is 0 Å². The van der Waals surface area contributed by atoms with Gasteiger partial charge < -0.3 is 15.5 Å². The summed E-state index contributed by atoms with van der Waals surface area (Å²) < 4.78 is 0. The van der Waals surface area contributed by atoms with Crippen LogP contribution < -0.4 is 10.6 Å². The summed E-state index contributed by atoms with van der Waals surface area (Å²) in [5, 5.41) is 5.39. The third-order valence-corrected chi connectivity index (χ3v) is 4.77. The second-order valence-electron chi connectivity index (χ2n) is 7.15. The lowest BCUT2D eigenvalue weighted by Crippen LogP contribution is -2.36. The minimum absolute atomic E-state index is 0.0859. The number of carbonyl (C=O) groups excluding carboxylic acids is 3. The number of nitrogens with one attached hydrogen (secondary N) is 2. The zero-order chi connectivity index (χ0) is 20.1. The molecule has 28 heavy (non-hydrogen) atoms. The van der Waals surface area contributed by atoms with Crippen LogP contribution in [0.15, 0.2) is 48.5 Å². The van der Waals surface area contributed by atoms with Crippen molar-refractivity contribution in [3.05, 3.63) is 59.7 Å². The highest BCUT2D eigenvalue weighted by Gasteiger charge is 2.29. The lowest BCUT2D eigenvalue weighted by Gasteiger charge is -2.25. The third-order valence-electron chi connectivity index (χ3n) is 4.77. The van der Waals surface area contributed by atoms with Crippen molar-refractivity contribution in [2.75, 3.05) is 17.2 Å². The molecule has 6 nitrogen and oxygen atoms in total. The average Bonchev–Trinajstić information content (AvgIpc) is 3.08. The van der Waals surface area contributed by atoms with Crippen molar-refractivity contribution in [2.45, 2.75) is 39.2 Å². The quantitative estimate of drug-likeness (QED) is 0.835. The summed E-state index contributed by atoms with van der Waals surface area (Å²) in [4.78, 5) is 38.0. The van der Waals surface area contributed by atoms with Crippen molar-refractivity contribution in [2.24, 2.45) is 0 Å². The maximum atomic E-state index is 13.2.